The normalized spacial score (nSPS) is 15.8. The topological polar surface area (TPSA) is 9.23 Å². The van der Waals surface area contributed by atoms with Crippen LogP contribution in [0, 0.1) is 5.82 Å². The van der Waals surface area contributed by atoms with Gasteiger partial charge in [-0.05, 0) is 42.0 Å². The fourth-order valence-electron chi connectivity index (χ4n) is 2.35. The highest BCUT2D eigenvalue weighted by molar-refractivity contribution is 9.09. The summed E-state index contributed by atoms with van der Waals surface area (Å²) in [5.41, 5.74) is 2.28. The van der Waals surface area contributed by atoms with E-state index in [0.717, 1.165) is 17.7 Å². The number of thioether (sulfide) groups is 1. The number of aryl methyl sites for hydroxylation is 1. The first kappa shape index (κ1) is 14.4. The molecule has 3 rings (SSSR count). The monoisotopic (exact) mass is 372 g/mol. The van der Waals surface area contributed by atoms with Crippen molar-refractivity contribution in [3.8, 4) is 5.75 Å². The molecule has 0 fully saturated rings. The second kappa shape index (κ2) is 6.08. The quantitative estimate of drug-likeness (QED) is 0.687. The highest BCUT2D eigenvalue weighted by Crippen LogP contribution is 2.43. The number of hydrogen-bond donors (Lipinski definition) is 0. The molecule has 0 amide bonds. The summed E-state index contributed by atoms with van der Waals surface area (Å²) in [5.74, 6) is 2.77. The lowest BCUT2D eigenvalue weighted by Gasteiger charge is -2.13. The van der Waals surface area contributed by atoms with E-state index < -0.39 is 0 Å². The molecule has 0 aliphatic carbocycles. The minimum absolute atomic E-state index is 0.0197. The molecule has 0 saturated heterocycles. The van der Waals surface area contributed by atoms with Crippen LogP contribution in [-0.2, 0) is 12.2 Å². The van der Waals surface area contributed by atoms with Crippen molar-refractivity contribution in [3.63, 3.8) is 0 Å². The van der Waals surface area contributed by atoms with Crippen LogP contribution in [-0.4, -0.2) is 12.9 Å². The highest BCUT2D eigenvalue weighted by Gasteiger charge is 2.21. The summed E-state index contributed by atoms with van der Waals surface area (Å²) in [5, 5.41) is 0. The van der Waals surface area contributed by atoms with E-state index in [0.29, 0.717) is 5.75 Å². The Kier molecular flexibility index (Phi) is 4.38. The minimum atomic E-state index is -0.234. The number of hydrogen-bond acceptors (Lipinski definition) is 3. The molecule has 1 aromatic carbocycles. The van der Waals surface area contributed by atoms with Crippen LogP contribution in [0.15, 0.2) is 24.3 Å². The van der Waals surface area contributed by atoms with Crippen molar-refractivity contribution in [2.45, 2.75) is 17.0 Å². The number of methoxy groups -OCH3 is 1. The van der Waals surface area contributed by atoms with Crippen molar-refractivity contribution >= 4 is 39.0 Å². The molecule has 1 aromatic heterocycles. The molecule has 2 aromatic rings. The van der Waals surface area contributed by atoms with Gasteiger partial charge in [0.1, 0.15) is 11.6 Å². The van der Waals surface area contributed by atoms with Gasteiger partial charge in [0.05, 0.1) is 11.9 Å². The average Bonchev–Trinajstić information content (AvgIpc) is 2.90. The molecule has 1 aliphatic rings. The molecule has 1 unspecified atom stereocenters. The van der Waals surface area contributed by atoms with Crippen LogP contribution in [0.1, 0.15) is 25.7 Å². The lowest BCUT2D eigenvalue weighted by Crippen LogP contribution is -1.96. The number of fused-ring (bicyclic) bond motifs is 1. The SMILES string of the molecule is COc1ccc(F)cc1C(Br)c1cc2c(s1)CCSC2. The van der Waals surface area contributed by atoms with Gasteiger partial charge in [0.15, 0.2) is 0 Å². The van der Waals surface area contributed by atoms with Gasteiger partial charge in [-0.1, -0.05) is 15.9 Å². The van der Waals surface area contributed by atoms with Crippen molar-refractivity contribution in [1.29, 1.82) is 0 Å². The summed E-state index contributed by atoms with van der Waals surface area (Å²) >= 11 is 7.50. The summed E-state index contributed by atoms with van der Waals surface area (Å²) in [7, 11) is 1.62. The predicted octanol–water partition coefficient (Wildman–Crippen LogP) is 5.17. The third-order valence-corrected chi connectivity index (χ3v) is 6.96. The van der Waals surface area contributed by atoms with Crippen molar-refractivity contribution in [1.82, 2.24) is 0 Å². The molecule has 20 heavy (non-hydrogen) atoms. The largest absolute Gasteiger partial charge is 0.496 e. The Morgan fingerprint density at radius 3 is 2.95 bits per heavy atom. The maximum Gasteiger partial charge on any atom is 0.123 e. The van der Waals surface area contributed by atoms with E-state index in [1.54, 1.807) is 19.2 Å². The second-order valence-electron chi connectivity index (χ2n) is 4.65. The van der Waals surface area contributed by atoms with E-state index >= 15 is 0 Å². The first-order chi connectivity index (χ1) is 9.69. The summed E-state index contributed by atoms with van der Waals surface area (Å²) in [6.07, 6.45) is 1.14. The number of rotatable bonds is 3. The van der Waals surface area contributed by atoms with Gasteiger partial charge in [-0.25, -0.2) is 4.39 Å². The second-order valence-corrected chi connectivity index (χ2v) is 7.84. The Morgan fingerprint density at radius 2 is 2.20 bits per heavy atom. The Bertz CT molecular complexity index is 603. The van der Waals surface area contributed by atoms with Crippen LogP contribution in [0.3, 0.4) is 0 Å². The van der Waals surface area contributed by atoms with E-state index in [2.05, 4.69) is 22.0 Å². The Hall–Kier alpha value is -0.520. The third kappa shape index (κ3) is 2.76. The molecule has 0 bridgehead atoms. The van der Waals surface area contributed by atoms with Gasteiger partial charge >= 0.3 is 0 Å². The van der Waals surface area contributed by atoms with Gasteiger partial charge in [-0.2, -0.15) is 11.8 Å². The molecule has 106 valence electrons. The number of thiophene rings is 1. The molecule has 1 atom stereocenters. The van der Waals surface area contributed by atoms with Crippen LogP contribution in [0.5, 0.6) is 5.75 Å². The molecule has 1 aliphatic heterocycles. The maximum atomic E-state index is 13.5. The van der Waals surface area contributed by atoms with Gasteiger partial charge in [0.25, 0.3) is 0 Å². The molecular weight excluding hydrogens is 359 g/mol. The third-order valence-electron chi connectivity index (χ3n) is 3.36. The smallest absolute Gasteiger partial charge is 0.123 e. The van der Waals surface area contributed by atoms with Gasteiger partial charge in [-0.3, -0.25) is 0 Å². The molecule has 2 heterocycles. The fraction of sp³-hybridized carbons (Fsp3) is 0.333. The van der Waals surface area contributed by atoms with Crippen LogP contribution in [0.4, 0.5) is 4.39 Å². The van der Waals surface area contributed by atoms with Gasteiger partial charge < -0.3 is 4.74 Å². The first-order valence-electron chi connectivity index (χ1n) is 6.36. The zero-order chi connectivity index (χ0) is 14.1. The molecule has 5 heteroatoms. The Labute approximate surface area is 134 Å². The number of alkyl halides is 1. The molecule has 0 N–H and O–H groups in total. The molecule has 0 spiro atoms. The van der Waals surface area contributed by atoms with Crippen LogP contribution >= 0.6 is 39.0 Å². The number of ether oxygens (including phenoxy) is 1. The van der Waals surface area contributed by atoms with E-state index in [1.165, 1.54) is 27.1 Å². The molecular formula is C15H14BrFOS2. The number of halogens is 2. The first-order valence-corrected chi connectivity index (χ1v) is 9.24. The summed E-state index contributed by atoms with van der Waals surface area (Å²) in [6.45, 7) is 0. The predicted molar refractivity (Wildman–Crippen MR) is 87.9 cm³/mol. The lowest BCUT2D eigenvalue weighted by molar-refractivity contribution is 0.409. The van der Waals surface area contributed by atoms with Gasteiger partial charge in [0.2, 0.25) is 0 Å². The summed E-state index contributed by atoms with van der Waals surface area (Å²) in [4.78, 5) is 2.67. The zero-order valence-corrected chi connectivity index (χ0v) is 14.2. The number of benzene rings is 1. The van der Waals surface area contributed by atoms with Crippen LogP contribution in [0.25, 0.3) is 0 Å². The maximum absolute atomic E-state index is 13.5. The van der Waals surface area contributed by atoms with Gasteiger partial charge in [0, 0.05) is 21.1 Å². The highest BCUT2D eigenvalue weighted by atomic mass is 79.9. The van der Waals surface area contributed by atoms with Crippen molar-refractivity contribution < 1.29 is 9.13 Å². The Morgan fingerprint density at radius 1 is 1.35 bits per heavy atom. The van der Waals surface area contributed by atoms with E-state index in [-0.39, 0.29) is 10.6 Å². The fourth-order valence-corrected chi connectivity index (χ4v) is 5.50. The van der Waals surface area contributed by atoms with Gasteiger partial charge in [-0.15, -0.1) is 11.3 Å². The lowest BCUT2D eigenvalue weighted by atomic mass is 10.1. The van der Waals surface area contributed by atoms with E-state index in [9.17, 15) is 4.39 Å². The Balaban J connectivity index is 1.97. The van der Waals surface area contributed by atoms with Crippen LogP contribution in [0.2, 0.25) is 0 Å². The summed E-state index contributed by atoms with van der Waals surface area (Å²) in [6, 6.07) is 6.90. The molecule has 0 saturated carbocycles. The van der Waals surface area contributed by atoms with E-state index in [1.807, 2.05) is 23.1 Å². The van der Waals surface area contributed by atoms with Crippen molar-refractivity contribution in [2.24, 2.45) is 0 Å². The minimum Gasteiger partial charge on any atom is -0.496 e. The molecule has 1 nitrogen and oxygen atoms in total. The average molecular weight is 373 g/mol. The van der Waals surface area contributed by atoms with Crippen LogP contribution < -0.4 is 4.74 Å². The standard InChI is InChI=1S/C15H14BrFOS2/c1-18-12-3-2-10(17)7-11(12)15(16)14-6-9-8-19-5-4-13(9)20-14/h2-3,6-7,15H,4-5,8H2,1H3. The van der Waals surface area contributed by atoms with Crippen molar-refractivity contribution in [2.75, 3.05) is 12.9 Å². The summed E-state index contributed by atoms with van der Waals surface area (Å²) < 4.78 is 18.9. The van der Waals surface area contributed by atoms with E-state index in [4.69, 9.17) is 4.74 Å². The molecule has 0 radical (unpaired) electrons. The zero-order valence-electron chi connectivity index (χ0n) is 11.0. The van der Waals surface area contributed by atoms with Crippen molar-refractivity contribution in [3.05, 3.63) is 51.0 Å².